The molecule has 1 fully saturated rings. The van der Waals surface area contributed by atoms with Crippen molar-refractivity contribution in [3.63, 3.8) is 0 Å². The first-order valence-electron chi connectivity index (χ1n) is 8.57. The van der Waals surface area contributed by atoms with Crippen LogP contribution in [0.3, 0.4) is 0 Å². The highest BCUT2D eigenvalue weighted by Crippen LogP contribution is 2.41. The minimum absolute atomic E-state index is 0.131. The zero-order chi connectivity index (χ0) is 17.6. The van der Waals surface area contributed by atoms with Gasteiger partial charge in [-0.3, -0.25) is 4.99 Å². The Morgan fingerprint density at radius 2 is 2.16 bits per heavy atom. The lowest BCUT2D eigenvalue weighted by Crippen LogP contribution is -2.39. The number of nitrogens with one attached hydrogen (secondary N) is 2. The summed E-state index contributed by atoms with van der Waals surface area (Å²) in [6.07, 6.45) is 3.49. The van der Waals surface area contributed by atoms with E-state index in [0.29, 0.717) is 11.7 Å². The van der Waals surface area contributed by atoms with Crippen LogP contribution in [0.4, 0.5) is 4.39 Å². The van der Waals surface area contributed by atoms with Crippen LogP contribution in [-0.4, -0.2) is 30.1 Å². The van der Waals surface area contributed by atoms with E-state index in [1.165, 1.54) is 6.07 Å². The molecular formula is C19H22ClFN4. The SMILES string of the molecule is CCNC(=NCCc1ccc(Cl)nc1)NC1CC1c1ccccc1F. The zero-order valence-electron chi connectivity index (χ0n) is 14.2. The van der Waals surface area contributed by atoms with Crippen LogP contribution in [0.2, 0.25) is 5.15 Å². The fraction of sp³-hybridized carbons (Fsp3) is 0.368. The summed E-state index contributed by atoms with van der Waals surface area (Å²) in [5.74, 6) is 0.854. The van der Waals surface area contributed by atoms with Gasteiger partial charge in [-0.1, -0.05) is 35.9 Å². The average Bonchev–Trinajstić information content (AvgIpc) is 3.36. The fourth-order valence-electron chi connectivity index (χ4n) is 2.82. The Morgan fingerprint density at radius 3 is 2.88 bits per heavy atom. The smallest absolute Gasteiger partial charge is 0.191 e. The summed E-state index contributed by atoms with van der Waals surface area (Å²) >= 11 is 5.79. The first-order chi connectivity index (χ1) is 12.2. The van der Waals surface area contributed by atoms with Gasteiger partial charge in [-0.25, -0.2) is 9.37 Å². The Labute approximate surface area is 152 Å². The van der Waals surface area contributed by atoms with Gasteiger partial charge in [-0.05, 0) is 43.0 Å². The minimum atomic E-state index is -0.131. The van der Waals surface area contributed by atoms with E-state index < -0.39 is 0 Å². The van der Waals surface area contributed by atoms with Crippen molar-refractivity contribution in [2.24, 2.45) is 4.99 Å². The molecule has 0 aliphatic heterocycles. The quantitative estimate of drug-likeness (QED) is 0.470. The molecule has 1 aliphatic rings. The second kappa shape index (κ2) is 8.30. The summed E-state index contributed by atoms with van der Waals surface area (Å²) in [7, 11) is 0. The molecule has 0 radical (unpaired) electrons. The maximum absolute atomic E-state index is 13.9. The van der Waals surface area contributed by atoms with Crippen LogP contribution in [0.5, 0.6) is 0 Å². The van der Waals surface area contributed by atoms with Crippen molar-refractivity contribution in [2.45, 2.75) is 31.7 Å². The van der Waals surface area contributed by atoms with E-state index in [2.05, 4.69) is 20.6 Å². The molecule has 1 aromatic heterocycles. The molecule has 6 heteroatoms. The van der Waals surface area contributed by atoms with E-state index in [1.54, 1.807) is 18.3 Å². The van der Waals surface area contributed by atoms with Crippen LogP contribution in [0.25, 0.3) is 0 Å². The van der Waals surface area contributed by atoms with E-state index in [0.717, 1.165) is 36.5 Å². The number of hydrogen-bond acceptors (Lipinski definition) is 2. The third-order valence-electron chi connectivity index (χ3n) is 4.22. The Hall–Kier alpha value is -2.14. The van der Waals surface area contributed by atoms with Gasteiger partial charge in [0.15, 0.2) is 5.96 Å². The highest BCUT2D eigenvalue weighted by Gasteiger charge is 2.40. The van der Waals surface area contributed by atoms with Gasteiger partial charge < -0.3 is 10.6 Å². The summed E-state index contributed by atoms with van der Waals surface area (Å²) < 4.78 is 13.9. The van der Waals surface area contributed by atoms with E-state index >= 15 is 0 Å². The normalized spacial score (nSPS) is 19.6. The largest absolute Gasteiger partial charge is 0.357 e. The van der Waals surface area contributed by atoms with Crippen LogP contribution in [0, 0.1) is 5.82 Å². The third-order valence-corrected chi connectivity index (χ3v) is 4.44. The summed E-state index contributed by atoms with van der Waals surface area (Å²) in [4.78, 5) is 8.68. The van der Waals surface area contributed by atoms with Crippen molar-refractivity contribution in [1.29, 1.82) is 0 Å². The molecule has 3 rings (SSSR count). The summed E-state index contributed by atoms with van der Waals surface area (Å²) in [5, 5.41) is 7.14. The van der Waals surface area contributed by atoms with E-state index in [4.69, 9.17) is 11.6 Å². The lowest BCUT2D eigenvalue weighted by Gasteiger charge is -2.11. The minimum Gasteiger partial charge on any atom is -0.357 e. The van der Waals surface area contributed by atoms with Crippen molar-refractivity contribution < 1.29 is 4.39 Å². The van der Waals surface area contributed by atoms with Crippen molar-refractivity contribution in [1.82, 2.24) is 15.6 Å². The standard InChI is InChI=1S/C19H22ClFN4/c1-2-22-19(23-10-9-13-7-8-18(20)24-12-13)25-17-11-15(17)14-5-3-4-6-16(14)21/h3-8,12,15,17H,2,9-11H2,1H3,(H2,22,23,25). The molecule has 132 valence electrons. The number of nitrogens with zero attached hydrogens (tertiary/aromatic N) is 2. The number of halogens is 2. The number of aliphatic imine (C=N–C) groups is 1. The first kappa shape index (κ1) is 17.7. The molecule has 2 unspecified atom stereocenters. The predicted octanol–water partition coefficient (Wildman–Crippen LogP) is 3.53. The van der Waals surface area contributed by atoms with Crippen LogP contribution in [0.15, 0.2) is 47.6 Å². The molecule has 4 nitrogen and oxygen atoms in total. The molecule has 2 aromatic rings. The number of pyridine rings is 1. The Balaban J connectivity index is 1.55. The Morgan fingerprint density at radius 1 is 1.32 bits per heavy atom. The second-order valence-electron chi connectivity index (χ2n) is 6.11. The molecule has 25 heavy (non-hydrogen) atoms. The Kier molecular flexibility index (Phi) is 5.87. The molecule has 1 heterocycles. The molecule has 1 aliphatic carbocycles. The van der Waals surface area contributed by atoms with E-state index in [-0.39, 0.29) is 17.8 Å². The summed E-state index contributed by atoms with van der Waals surface area (Å²) in [5.41, 5.74) is 1.88. The monoisotopic (exact) mass is 360 g/mol. The molecule has 0 amide bonds. The topological polar surface area (TPSA) is 49.3 Å². The third kappa shape index (κ3) is 4.92. The molecule has 0 bridgehead atoms. The summed E-state index contributed by atoms with van der Waals surface area (Å²) in [6, 6.07) is 11.0. The van der Waals surface area contributed by atoms with Crippen LogP contribution < -0.4 is 10.6 Å². The highest BCUT2D eigenvalue weighted by atomic mass is 35.5. The Bertz CT molecular complexity index is 732. The highest BCUT2D eigenvalue weighted by molar-refractivity contribution is 6.29. The van der Waals surface area contributed by atoms with Crippen molar-refractivity contribution in [3.8, 4) is 0 Å². The molecule has 2 N–H and O–H groups in total. The molecule has 0 saturated heterocycles. The van der Waals surface area contributed by atoms with Crippen molar-refractivity contribution in [3.05, 3.63) is 64.7 Å². The van der Waals surface area contributed by atoms with Crippen molar-refractivity contribution in [2.75, 3.05) is 13.1 Å². The summed E-state index contributed by atoms with van der Waals surface area (Å²) in [6.45, 7) is 3.46. The number of hydrogen-bond donors (Lipinski definition) is 2. The van der Waals surface area contributed by atoms with Gasteiger partial charge in [-0.15, -0.1) is 0 Å². The van der Waals surface area contributed by atoms with Crippen LogP contribution >= 0.6 is 11.6 Å². The molecule has 2 atom stereocenters. The maximum Gasteiger partial charge on any atom is 0.191 e. The van der Waals surface area contributed by atoms with Gasteiger partial charge in [0.2, 0.25) is 0 Å². The fourth-order valence-corrected chi connectivity index (χ4v) is 2.93. The number of rotatable bonds is 6. The van der Waals surface area contributed by atoms with Gasteiger partial charge >= 0.3 is 0 Å². The molecule has 1 saturated carbocycles. The van der Waals surface area contributed by atoms with Gasteiger partial charge in [0, 0.05) is 31.2 Å². The second-order valence-corrected chi connectivity index (χ2v) is 6.50. The van der Waals surface area contributed by atoms with Crippen LogP contribution in [0.1, 0.15) is 30.4 Å². The predicted molar refractivity (Wildman–Crippen MR) is 99.6 cm³/mol. The molecule has 1 aromatic carbocycles. The first-order valence-corrected chi connectivity index (χ1v) is 8.95. The number of guanidine groups is 1. The van der Waals surface area contributed by atoms with Gasteiger partial charge in [0.1, 0.15) is 11.0 Å². The zero-order valence-corrected chi connectivity index (χ0v) is 14.9. The van der Waals surface area contributed by atoms with Gasteiger partial charge in [0.05, 0.1) is 0 Å². The number of benzene rings is 1. The van der Waals surface area contributed by atoms with Gasteiger partial charge in [-0.2, -0.15) is 0 Å². The molecular weight excluding hydrogens is 339 g/mol. The molecule has 0 spiro atoms. The van der Waals surface area contributed by atoms with Crippen molar-refractivity contribution >= 4 is 17.6 Å². The lowest BCUT2D eigenvalue weighted by atomic mass is 10.1. The lowest BCUT2D eigenvalue weighted by molar-refractivity contribution is 0.607. The van der Waals surface area contributed by atoms with Gasteiger partial charge in [0.25, 0.3) is 0 Å². The average molecular weight is 361 g/mol. The van der Waals surface area contributed by atoms with Crippen LogP contribution in [-0.2, 0) is 6.42 Å². The van der Waals surface area contributed by atoms with E-state index in [9.17, 15) is 4.39 Å². The maximum atomic E-state index is 13.9. The van der Waals surface area contributed by atoms with E-state index in [1.807, 2.05) is 25.1 Å². The number of aromatic nitrogens is 1.